The predicted octanol–water partition coefficient (Wildman–Crippen LogP) is 2.65. The molecule has 1 N–H and O–H groups in total. The molecule has 0 spiro atoms. The molecule has 0 aliphatic carbocycles. The summed E-state index contributed by atoms with van der Waals surface area (Å²) in [6, 6.07) is 5.05. The molecule has 6 nitrogen and oxygen atoms in total. The van der Waals surface area contributed by atoms with E-state index in [-0.39, 0.29) is 17.4 Å². The summed E-state index contributed by atoms with van der Waals surface area (Å²) < 4.78 is 14.7. The summed E-state index contributed by atoms with van der Waals surface area (Å²) in [6.45, 7) is 4.15. The minimum absolute atomic E-state index is 0.185. The molecule has 25 heavy (non-hydrogen) atoms. The number of halogens is 1. The molecule has 0 bridgehead atoms. The van der Waals surface area contributed by atoms with Crippen LogP contribution in [0.1, 0.15) is 35.8 Å². The van der Waals surface area contributed by atoms with Crippen LogP contribution in [-0.2, 0) is 4.79 Å². The second-order valence-corrected chi connectivity index (χ2v) is 6.56. The number of aromatic nitrogens is 2. The van der Waals surface area contributed by atoms with Crippen molar-refractivity contribution in [2.45, 2.75) is 32.7 Å². The number of carbonyl (C=O) groups is 2. The van der Waals surface area contributed by atoms with E-state index in [9.17, 15) is 19.1 Å². The number of aryl methyl sites for hydroxylation is 1. The van der Waals surface area contributed by atoms with Crippen LogP contribution in [0.15, 0.2) is 30.5 Å². The molecular weight excluding hydrogens is 325 g/mol. The Bertz CT molecular complexity index is 818. The van der Waals surface area contributed by atoms with Crippen LogP contribution in [0.3, 0.4) is 0 Å². The van der Waals surface area contributed by atoms with Crippen LogP contribution >= 0.6 is 0 Å². The first-order valence-corrected chi connectivity index (χ1v) is 8.23. The fourth-order valence-electron chi connectivity index (χ4n) is 3.21. The molecule has 1 saturated heterocycles. The fraction of sp³-hybridized carbons (Fsp3) is 0.389. The van der Waals surface area contributed by atoms with E-state index < -0.39 is 17.9 Å². The Labute approximate surface area is 144 Å². The van der Waals surface area contributed by atoms with Crippen molar-refractivity contribution in [3.8, 4) is 5.69 Å². The van der Waals surface area contributed by atoms with E-state index >= 15 is 0 Å². The number of nitrogens with zero attached hydrogens (tertiary/aromatic N) is 3. The Morgan fingerprint density at radius 3 is 2.76 bits per heavy atom. The van der Waals surface area contributed by atoms with Crippen LogP contribution < -0.4 is 0 Å². The first-order valence-electron chi connectivity index (χ1n) is 8.23. The van der Waals surface area contributed by atoms with Gasteiger partial charge in [-0.15, -0.1) is 0 Å². The number of aliphatic carboxylic acids is 1. The maximum absolute atomic E-state index is 13.2. The maximum atomic E-state index is 13.2. The number of rotatable bonds is 3. The minimum Gasteiger partial charge on any atom is -0.480 e. The average molecular weight is 345 g/mol. The molecule has 2 heterocycles. The highest BCUT2D eigenvalue weighted by Crippen LogP contribution is 2.24. The van der Waals surface area contributed by atoms with Crippen molar-refractivity contribution in [2.75, 3.05) is 6.54 Å². The summed E-state index contributed by atoms with van der Waals surface area (Å²) in [6.07, 6.45) is 2.84. The molecule has 1 aliphatic heterocycles. The van der Waals surface area contributed by atoms with Crippen molar-refractivity contribution in [3.63, 3.8) is 0 Å². The zero-order chi connectivity index (χ0) is 18.1. The molecule has 1 aromatic carbocycles. The van der Waals surface area contributed by atoms with Gasteiger partial charge in [0.1, 0.15) is 11.9 Å². The lowest BCUT2D eigenvalue weighted by atomic mass is 9.92. The van der Waals surface area contributed by atoms with Crippen LogP contribution in [-0.4, -0.2) is 44.3 Å². The van der Waals surface area contributed by atoms with E-state index in [4.69, 9.17) is 0 Å². The highest BCUT2D eigenvalue weighted by Gasteiger charge is 2.35. The Morgan fingerprint density at radius 1 is 1.32 bits per heavy atom. The number of piperidine rings is 1. The predicted molar refractivity (Wildman–Crippen MR) is 89.1 cm³/mol. The summed E-state index contributed by atoms with van der Waals surface area (Å²) in [4.78, 5) is 25.6. The van der Waals surface area contributed by atoms with Crippen molar-refractivity contribution in [2.24, 2.45) is 5.92 Å². The smallest absolute Gasteiger partial charge is 0.326 e. The first kappa shape index (κ1) is 17.1. The van der Waals surface area contributed by atoms with Crippen LogP contribution in [0.2, 0.25) is 0 Å². The molecule has 2 atom stereocenters. The van der Waals surface area contributed by atoms with Gasteiger partial charge >= 0.3 is 5.97 Å². The summed E-state index contributed by atoms with van der Waals surface area (Å²) >= 11 is 0. The fourth-order valence-corrected chi connectivity index (χ4v) is 3.21. The van der Waals surface area contributed by atoms with E-state index in [1.165, 1.54) is 21.7 Å². The second-order valence-electron chi connectivity index (χ2n) is 6.56. The monoisotopic (exact) mass is 345 g/mol. The van der Waals surface area contributed by atoms with Crippen molar-refractivity contribution >= 4 is 11.9 Å². The van der Waals surface area contributed by atoms with Crippen LogP contribution in [0, 0.1) is 18.7 Å². The molecule has 1 aliphatic rings. The molecule has 2 unspecified atom stereocenters. The topological polar surface area (TPSA) is 75.4 Å². The van der Waals surface area contributed by atoms with Crippen molar-refractivity contribution < 1.29 is 19.1 Å². The lowest BCUT2D eigenvalue weighted by Crippen LogP contribution is -2.49. The highest BCUT2D eigenvalue weighted by molar-refractivity contribution is 5.95. The first-order chi connectivity index (χ1) is 11.9. The summed E-state index contributed by atoms with van der Waals surface area (Å²) in [5.74, 6) is -1.45. The number of carboxylic acid groups (broad SMARTS) is 1. The Morgan fingerprint density at radius 2 is 2.08 bits per heavy atom. The van der Waals surface area contributed by atoms with Crippen LogP contribution in [0.4, 0.5) is 4.39 Å². The third kappa shape index (κ3) is 3.40. The SMILES string of the molecule is Cc1cc(F)ccc1-n1ccc(C(=O)N2CCC(C)CC2C(=O)O)n1. The molecule has 1 amide bonds. The van der Waals surface area contributed by atoms with Crippen LogP contribution in [0.5, 0.6) is 0 Å². The molecule has 0 radical (unpaired) electrons. The zero-order valence-electron chi connectivity index (χ0n) is 14.1. The maximum Gasteiger partial charge on any atom is 0.326 e. The molecule has 0 saturated carbocycles. The third-order valence-electron chi connectivity index (χ3n) is 4.62. The van der Waals surface area contributed by atoms with Gasteiger partial charge in [0.15, 0.2) is 5.69 Å². The second kappa shape index (κ2) is 6.66. The Kier molecular flexibility index (Phi) is 4.57. The van der Waals surface area contributed by atoms with Gasteiger partial charge in [0.25, 0.3) is 5.91 Å². The number of carbonyl (C=O) groups excluding carboxylic acids is 1. The van der Waals surface area contributed by atoms with Gasteiger partial charge in [-0.3, -0.25) is 4.79 Å². The summed E-state index contributed by atoms with van der Waals surface area (Å²) in [7, 11) is 0. The van der Waals surface area contributed by atoms with E-state index in [0.29, 0.717) is 24.2 Å². The zero-order valence-corrected chi connectivity index (χ0v) is 14.1. The molecule has 132 valence electrons. The molecule has 1 fully saturated rings. The normalized spacial score (nSPS) is 20.5. The average Bonchev–Trinajstić information content (AvgIpc) is 3.03. The van der Waals surface area contributed by atoms with E-state index in [2.05, 4.69) is 5.10 Å². The third-order valence-corrected chi connectivity index (χ3v) is 4.62. The molecule has 1 aromatic heterocycles. The van der Waals surface area contributed by atoms with Gasteiger partial charge in [-0.1, -0.05) is 6.92 Å². The van der Waals surface area contributed by atoms with Crippen molar-refractivity contribution in [3.05, 3.63) is 47.5 Å². The van der Waals surface area contributed by atoms with Gasteiger partial charge < -0.3 is 10.0 Å². The molecule has 3 rings (SSSR count). The van der Waals surface area contributed by atoms with Gasteiger partial charge in [0, 0.05) is 12.7 Å². The quantitative estimate of drug-likeness (QED) is 0.928. The molecular formula is C18H20FN3O3. The van der Waals surface area contributed by atoms with Gasteiger partial charge in [0.2, 0.25) is 0 Å². The van der Waals surface area contributed by atoms with Crippen molar-refractivity contribution in [1.82, 2.24) is 14.7 Å². The molecule has 7 heteroatoms. The number of benzene rings is 1. The van der Waals surface area contributed by atoms with E-state index in [0.717, 1.165) is 6.42 Å². The number of amides is 1. The minimum atomic E-state index is -0.992. The summed E-state index contributed by atoms with van der Waals surface area (Å²) in [5.41, 5.74) is 1.55. The Balaban J connectivity index is 1.86. The number of hydrogen-bond donors (Lipinski definition) is 1. The highest BCUT2D eigenvalue weighted by atomic mass is 19.1. The standard InChI is InChI=1S/C18H20FN3O3/c1-11-5-7-21(16(9-11)18(24)25)17(23)14-6-8-22(20-14)15-4-3-13(19)10-12(15)2/h3-4,6,8,10-11,16H,5,7,9H2,1-2H3,(H,24,25). The largest absolute Gasteiger partial charge is 0.480 e. The number of hydrogen-bond acceptors (Lipinski definition) is 3. The van der Waals surface area contributed by atoms with Gasteiger partial charge in [-0.2, -0.15) is 5.10 Å². The lowest BCUT2D eigenvalue weighted by Gasteiger charge is -2.35. The summed E-state index contributed by atoms with van der Waals surface area (Å²) in [5, 5.41) is 13.7. The number of carboxylic acids is 1. The van der Waals surface area contributed by atoms with Crippen molar-refractivity contribution in [1.29, 1.82) is 0 Å². The number of likely N-dealkylation sites (tertiary alicyclic amines) is 1. The molecule has 2 aromatic rings. The van der Waals surface area contributed by atoms with E-state index in [1.54, 1.807) is 25.3 Å². The van der Waals surface area contributed by atoms with E-state index in [1.807, 2.05) is 6.92 Å². The lowest BCUT2D eigenvalue weighted by molar-refractivity contribution is -0.144. The van der Waals surface area contributed by atoms with Gasteiger partial charge in [-0.25, -0.2) is 13.9 Å². The Hall–Kier alpha value is -2.70. The van der Waals surface area contributed by atoms with Crippen LogP contribution in [0.25, 0.3) is 5.69 Å². The van der Waals surface area contributed by atoms with Gasteiger partial charge in [0.05, 0.1) is 5.69 Å². The van der Waals surface area contributed by atoms with Gasteiger partial charge in [-0.05, 0) is 55.5 Å².